The maximum atomic E-state index is 14.0. The molecule has 0 aromatic heterocycles. The number of phenols is 2. The fourth-order valence-electron chi connectivity index (χ4n) is 2.54. The molecule has 1 saturated heterocycles. The van der Waals surface area contributed by atoms with Crippen LogP contribution in [0.15, 0.2) is 6.07 Å². The zero-order chi connectivity index (χ0) is 13.4. The van der Waals surface area contributed by atoms with E-state index in [0.717, 1.165) is 12.6 Å². The Kier molecular flexibility index (Phi) is 3.66. The van der Waals surface area contributed by atoms with E-state index in [4.69, 9.17) is 17.3 Å². The van der Waals surface area contributed by atoms with E-state index < -0.39 is 17.3 Å². The van der Waals surface area contributed by atoms with E-state index in [-0.39, 0.29) is 22.5 Å². The van der Waals surface area contributed by atoms with Crippen LogP contribution in [-0.4, -0.2) is 35.3 Å². The minimum atomic E-state index is -0.679. The normalized spacial score (nSPS) is 24.7. The number of nitrogens with two attached hydrogens (primary N) is 1. The van der Waals surface area contributed by atoms with Crippen molar-refractivity contribution in [2.75, 3.05) is 20.1 Å². The summed E-state index contributed by atoms with van der Waals surface area (Å²) >= 11 is 5.70. The van der Waals surface area contributed by atoms with Gasteiger partial charge in [-0.3, -0.25) is 4.90 Å². The molecular weight excluding hydrogens is 259 g/mol. The molecule has 0 aliphatic carbocycles. The van der Waals surface area contributed by atoms with Gasteiger partial charge in [-0.15, -0.1) is 0 Å². The third-order valence-corrected chi connectivity index (χ3v) is 3.78. The lowest BCUT2D eigenvalue weighted by molar-refractivity contribution is 0.294. The average Bonchev–Trinajstić information content (AvgIpc) is 2.69. The third kappa shape index (κ3) is 2.13. The fourth-order valence-corrected chi connectivity index (χ4v) is 2.75. The second-order valence-corrected chi connectivity index (χ2v) is 5.15. The standard InChI is InChI=1S/C12H16ClFN2O2/c1-16-5-6(4-15)2-8(16)10-11(14)7(13)3-9(17)12(10)18/h3,6,8,17-18H,2,4-5,15H2,1H3. The quantitative estimate of drug-likeness (QED) is 0.720. The first kappa shape index (κ1) is 13.4. The molecule has 0 saturated carbocycles. The number of likely N-dealkylation sites (tertiary alicyclic amines) is 1. The Morgan fingerprint density at radius 1 is 1.56 bits per heavy atom. The molecule has 1 aromatic rings. The Bertz CT molecular complexity index is 444. The van der Waals surface area contributed by atoms with Crippen LogP contribution in [0.25, 0.3) is 0 Å². The zero-order valence-corrected chi connectivity index (χ0v) is 10.8. The molecule has 4 nitrogen and oxygen atoms in total. The number of hydrogen-bond donors (Lipinski definition) is 3. The second-order valence-electron chi connectivity index (χ2n) is 4.75. The number of benzene rings is 1. The molecule has 100 valence electrons. The highest BCUT2D eigenvalue weighted by Crippen LogP contribution is 2.44. The van der Waals surface area contributed by atoms with E-state index in [2.05, 4.69) is 0 Å². The van der Waals surface area contributed by atoms with Crippen molar-refractivity contribution in [3.05, 3.63) is 22.5 Å². The predicted molar refractivity (Wildman–Crippen MR) is 67.3 cm³/mol. The van der Waals surface area contributed by atoms with Crippen LogP contribution in [0.2, 0.25) is 5.02 Å². The number of phenolic OH excluding ortho intramolecular Hbond substituents is 2. The highest BCUT2D eigenvalue weighted by atomic mass is 35.5. The molecule has 2 rings (SSSR count). The van der Waals surface area contributed by atoms with Gasteiger partial charge in [-0.05, 0) is 25.9 Å². The smallest absolute Gasteiger partial charge is 0.165 e. The Labute approximate surface area is 110 Å². The molecule has 1 aliphatic rings. The molecule has 6 heteroatoms. The van der Waals surface area contributed by atoms with E-state index in [1.54, 1.807) is 0 Å². The monoisotopic (exact) mass is 274 g/mol. The van der Waals surface area contributed by atoms with Crippen molar-refractivity contribution < 1.29 is 14.6 Å². The van der Waals surface area contributed by atoms with Crippen LogP contribution in [0.3, 0.4) is 0 Å². The van der Waals surface area contributed by atoms with Gasteiger partial charge in [-0.25, -0.2) is 4.39 Å². The number of halogens is 2. The highest BCUT2D eigenvalue weighted by Gasteiger charge is 2.34. The van der Waals surface area contributed by atoms with Crippen molar-refractivity contribution in [3.8, 4) is 11.5 Å². The van der Waals surface area contributed by atoms with Crippen LogP contribution >= 0.6 is 11.6 Å². The van der Waals surface area contributed by atoms with Gasteiger partial charge in [0.1, 0.15) is 0 Å². The minimum absolute atomic E-state index is 0.0541. The van der Waals surface area contributed by atoms with Gasteiger partial charge in [0.2, 0.25) is 0 Å². The molecule has 0 radical (unpaired) electrons. The summed E-state index contributed by atoms with van der Waals surface area (Å²) in [4.78, 5) is 1.91. The van der Waals surface area contributed by atoms with Crippen LogP contribution in [0.4, 0.5) is 4.39 Å². The maximum absolute atomic E-state index is 14.0. The van der Waals surface area contributed by atoms with Crippen molar-refractivity contribution in [2.24, 2.45) is 11.7 Å². The molecule has 0 bridgehead atoms. The van der Waals surface area contributed by atoms with E-state index in [1.807, 2.05) is 11.9 Å². The third-order valence-electron chi connectivity index (χ3n) is 3.51. The summed E-state index contributed by atoms with van der Waals surface area (Å²) in [6.45, 7) is 1.24. The van der Waals surface area contributed by atoms with Crippen LogP contribution in [0, 0.1) is 11.7 Å². The van der Waals surface area contributed by atoms with Gasteiger partial charge in [0.25, 0.3) is 0 Å². The van der Waals surface area contributed by atoms with Crippen LogP contribution in [0.1, 0.15) is 18.0 Å². The molecule has 4 N–H and O–H groups in total. The molecule has 1 aliphatic heterocycles. The van der Waals surface area contributed by atoms with Crippen LogP contribution in [-0.2, 0) is 0 Å². The van der Waals surface area contributed by atoms with Crippen molar-refractivity contribution in [1.29, 1.82) is 0 Å². The largest absolute Gasteiger partial charge is 0.504 e. The first-order valence-electron chi connectivity index (χ1n) is 5.75. The van der Waals surface area contributed by atoms with Crippen molar-refractivity contribution >= 4 is 11.6 Å². The Hall–Kier alpha value is -1.04. The van der Waals surface area contributed by atoms with E-state index in [9.17, 15) is 14.6 Å². The molecule has 1 fully saturated rings. The molecule has 2 atom stereocenters. The van der Waals surface area contributed by atoms with Gasteiger partial charge < -0.3 is 15.9 Å². The summed E-state index contributed by atoms with van der Waals surface area (Å²) in [7, 11) is 1.83. The van der Waals surface area contributed by atoms with Gasteiger partial charge in [0.15, 0.2) is 17.3 Å². The molecule has 2 unspecified atom stereocenters. The first-order chi connectivity index (χ1) is 8.45. The van der Waals surface area contributed by atoms with Crippen molar-refractivity contribution in [3.63, 3.8) is 0 Å². The highest BCUT2D eigenvalue weighted by molar-refractivity contribution is 6.31. The summed E-state index contributed by atoms with van der Waals surface area (Å²) in [5, 5.41) is 19.2. The van der Waals surface area contributed by atoms with Crippen LogP contribution in [0.5, 0.6) is 11.5 Å². The number of rotatable bonds is 2. The van der Waals surface area contributed by atoms with E-state index in [0.29, 0.717) is 13.0 Å². The molecule has 1 aromatic carbocycles. The Balaban J connectivity index is 2.45. The lowest BCUT2D eigenvalue weighted by Gasteiger charge is -2.22. The lowest BCUT2D eigenvalue weighted by atomic mass is 9.98. The lowest BCUT2D eigenvalue weighted by Crippen LogP contribution is -2.21. The van der Waals surface area contributed by atoms with Gasteiger partial charge in [-0.1, -0.05) is 11.6 Å². The van der Waals surface area contributed by atoms with Crippen molar-refractivity contribution in [1.82, 2.24) is 4.90 Å². The number of nitrogens with zero attached hydrogens (tertiary/aromatic N) is 1. The molecular formula is C12H16ClFN2O2. The number of aromatic hydroxyl groups is 2. The molecule has 0 spiro atoms. The van der Waals surface area contributed by atoms with Crippen molar-refractivity contribution in [2.45, 2.75) is 12.5 Å². The molecule has 1 heterocycles. The predicted octanol–water partition coefficient (Wildman–Crippen LogP) is 1.84. The summed E-state index contributed by atoms with van der Waals surface area (Å²) in [6.07, 6.45) is 0.636. The summed E-state index contributed by atoms with van der Waals surface area (Å²) in [5.74, 6) is -1.27. The first-order valence-corrected chi connectivity index (χ1v) is 6.13. The van der Waals surface area contributed by atoms with Gasteiger partial charge >= 0.3 is 0 Å². The van der Waals surface area contributed by atoms with Gasteiger partial charge in [0, 0.05) is 18.7 Å². The van der Waals surface area contributed by atoms with Crippen LogP contribution < -0.4 is 5.73 Å². The maximum Gasteiger partial charge on any atom is 0.165 e. The topological polar surface area (TPSA) is 69.7 Å². The molecule has 0 amide bonds. The fraction of sp³-hybridized carbons (Fsp3) is 0.500. The average molecular weight is 275 g/mol. The SMILES string of the molecule is CN1CC(CN)CC1c1c(O)c(O)cc(Cl)c1F. The van der Waals surface area contributed by atoms with Gasteiger partial charge in [-0.2, -0.15) is 0 Å². The molecule has 18 heavy (non-hydrogen) atoms. The summed E-state index contributed by atoms with van der Waals surface area (Å²) in [6, 6.07) is 0.689. The van der Waals surface area contributed by atoms with E-state index in [1.165, 1.54) is 0 Å². The van der Waals surface area contributed by atoms with E-state index >= 15 is 0 Å². The zero-order valence-electron chi connectivity index (χ0n) is 10.0. The number of hydrogen-bond acceptors (Lipinski definition) is 4. The summed E-state index contributed by atoms with van der Waals surface area (Å²) in [5.41, 5.74) is 5.67. The Morgan fingerprint density at radius 2 is 2.22 bits per heavy atom. The second kappa shape index (κ2) is 4.91. The minimum Gasteiger partial charge on any atom is -0.504 e. The Morgan fingerprint density at radius 3 is 2.78 bits per heavy atom. The summed E-state index contributed by atoms with van der Waals surface area (Å²) < 4.78 is 14.0. The van der Waals surface area contributed by atoms with Gasteiger partial charge in [0.05, 0.1) is 10.6 Å².